The van der Waals surface area contributed by atoms with E-state index in [0.29, 0.717) is 18.9 Å². The molecule has 3 nitrogen and oxygen atoms in total. The van der Waals surface area contributed by atoms with Gasteiger partial charge in [-0.25, -0.2) is 4.39 Å². The molecule has 5 heteroatoms. The first kappa shape index (κ1) is 14.6. The highest BCUT2D eigenvalue weighted by molar-refractivity contribution is 6.30. The van der Waals surface area contributed by atoms with Crippen molar-refractivity contribution in [3.05, 3.63) is 58.9 Å². The highest BCUT2D eigenvalue weighted by atomic mass is 35.5. The van der Waals surface area contributed by atoms with Crippen molar-refractivity contribution in [2.45, 2.75) is 6.54 Å². The van der Waals surface area contributed by atoms with Gasteiger partial charge in [0.1, 0.15) is 19.0 Å². The molecule has 0 atom stereocenters. The van der Waals surface area contributed by atoms with Crippen LogP contribution in [-0.2, 0) is 6.54 Å². The summed E-state index contributed by atoms with van der Waals surface area (Å²) < 4.78 is 24.3. The van der Waals surface area contributed by atoms with Crippen LogP contribution in [0.3, 0.4) is 0 Å². The molecule has 0 heterocycles. The molecular formula is C15H15ClFNO2. The van der Waals surface area contributed by atoms with Gasteiger partial charge in [-0.05, 0) is 29.8 Å². The number of nitrogens with two attached hydrogens (primary N) is 1. The maximum Gasteiger partial charge on any atom is 0.183 e. The van der Waals surface area contributed by atoms with Gasteiger partial charge in [0.2, 0.25) is 0 Å². The number of hydrogen-bond donors (Lipinski definition) is 1. The van der Waals surface area contributed by atoms with Gasteiger partial charge in [0.05, 0.1) is 5.02 Å². The summed E-state index contributed by atoms with van der Waals surface area (Å²) in [6, 6.07) is 12.1. The molecule has 2 aromatic carbocycles. The summed E-state index contributed by atoms with van der Waals surface area (Å²) in [5.74, 6) is 0.277. The molecule has 2 rings (SSSR count). The Morgan fingerprint density at radius 3 is 2.60 bits per heavy atom. The fraction of sp³-hybridized carbons (Fsp3) is 0.200. The minimum absolute atomic E-state index is 0.0408. The molecule has 0 saturated carbocycles. The molecule has 0 radical (unpaired) electrons. The van der Waals surface area contributed by atoms with Gasteiger partial charge in [-0.2, -0.15) is 0 Å². The van der Waals surface area contributed by atoms with Crippen LogP contribution >= 0.6 is 11.6 Å². The Labute approximate surface area is 122 Å². The molecule has 0 aliphatic carbocycles. The van der Waals surface area contributed by atoms with E-state index in [0.717, 1.165) is 5.56 Å². The third-order valence-corrected chi connectivity index (χ3v) is 2.95. The van der Waals surface area contributed by atoms with E-state index in [1.54, 1.807) is 6.07 Å². The molecule has 0 spiro atoms. The van der Waals surface area contributed by atoms with E-state index in [2.05, 4.69) is 0 Å². The van der Waals surface area contributed by atoms with Crippen LogP contribution in [0.15, 0.2) is 42.5 Å². The van der Waals surface area contributed by atoms with Crippen LogP contribution in [0.25, 0.3) is 0 Å². The summed E-state index contributed by atoms with van der Waals surface area (Å²) in [4.78, 5) is 0. The Kier molecular flexibility index (Phi) is 5.21. The molecular weight excluding hydrogens is 281 g/mol. The average molecular weight is 296 g/mol. The van der Waals surface area contributed by atoms with E-state index in [4.69, 9.17) is 26.8 Å². The normalized spacial score (nSPS) is 10.3. The van der Waals surface area contributed by atoms with Gasteiger partial charge in [0, 0.05) is 6.54 Å². The Bertz CT molecular complexity index is 578. The van der Waals surface area contributed by atoms with Crippen molar-refractivity contribution in [3.8, 4) is 11.5 Å². The first-order chi connectivity index (χ1) is 9.70. The van der Waals surface area contributed by atoms with Crippen molar-refractivity contribution >= 4 is 11.6 Å². The number of benzene rings is 2. The lowest BCUT2D eigenvalue weighted by Gasteiger charge is -2.10. The van der Waals surface area contributed by atoms with Crippen molar-refractivity contribution in [1.82, 2.24) is 0 Å². The fourth-order valence-corrected chi connectivity index (χ4v) is 1.83. The summed E-state index contributed by atoms with van der Waals surface area (Å²) in [6.07, 6.45) is 0. The summed E-state index contributed by atoms with van der Waals surface area (Å²) in [5, 5.41) is 0.0408. The first-order valence-electron chi connectivity index (χ1n) is 6.19. The molecule has 0 unspecified atom stereocenters. The molecule has 20 heavy (non-hydrogen) atoms. The van der Waals surface area contributed by atoms with Crippen LogP contribution in [0, 0.1) is 5.82 Å². The Hall–Kier alpha value is -1.78. The van der Waals surface area contributed by atoms with E-state index in [1.165, 1.54) is 12.1 Å². The summed E-state index contributed by atoms with van der Waals surface area (Å²) in [6.45, 7) is 0.992. The van der Waals surface area contributed by atoms with Crippen LogP contribution in [0.5, 0.6) is 11.5 Å². The quantitative estimate of drug-likeness (QED) is 0.831. The number of ether oxygens (including phenoxy) is 2. The third-order valence-electron chi connectivity index (χ3n) is 2.66. The minimum atomic E-state index is -0.556. The van der Waals surface area contributed by atoms with E-state index >= 15 is 0 Å². The molecule has 0 saturated heterocycles. The number of halogens is 2. The van der Waals surface area contributed by atoms with Gasteiger partial charge >= 0.3 is 0 Å². The predicted octanol–water partition coefficient (Wildman–Crippen LogP) is 3.40. The van der Waals surface area contributed by atoms with E-state index < -0.39 is 5.82 Å². The molecule has 2 N–H and O–H groups in total. The van der Waals surface area contributed by atoms with Gasteiger partial charge in [-0.3, -0.25) is 0 Å². The standard InChI is InChI=1S/C15H15ClFNO2/c16-13-5-2-6-14(15(13)17)20-8-7-19-12-4-1-3-11(9-12)10-18/h1-6,9H,7-8,10,18H2. The van der Waals surface area contributed by atoms with Gasteiger partial charge < -0.3 is 15.2 Å². The summed E-state index contributed by atoms with van der Waals surface area (Å²) in [7, 11) is 0. The summed E-state index contributed by atoms with van der Waals surface area (Å²) in [5.41, 5.74) is 6.54. The molecule has 0 amide bonds. The fourth-order valence-electron chi connectivity index (χ4n) is 1.67. The lowest BCUT2D eigenvalue weighted by molar-refractivity contribution is 0.211. The number of hydrogen-bond acceptors (Lipinski definition) is 3. The average Bonchev–Trinajstić information content (AvgIpc) is 2.48. The maximum absolute atomic E-state index is 13.5. The largest absolute Gasteiger partial charge is 0.490 e. The SMILES string of the molecule is NCc1cccc(OCCOc2cccc(Cl)c2F)c1. The molecule has 0 aromatic heterocycles. The molecule has 0 aliphatic rings. The monoisotopic (exact) mass is 295 g/mol. The molecule has 0 aliphatic heterocycles. The molecule has 106 valence electrons. The van der Waals surface area contributed by atoms with Crippen LogP contribution in [0.2, 0.25) is 5.02 Å². The minimum Gasteiger partial charge on any atom is -0.490 e. The van der Waals surface area contributed by atoms with Crippen LogP contribution in [0.4, 0.5) is 4.39 Å². The molecule has 0 fully saturated rings. The second-order valence-electron chi connectivity index (χ2n) is 4.10. The van der Waals surface area contributed by atoms with Crippen molar-refractivity contribution in [2.75, 3.05) is 13.2 Å². The second-order valence-corrected chi connectivity index (χ2v) is 4.51. The summed E-state index contributed by atoms with van der Waals surface area (Å²) >= 11 is 5.66. The molecule has 2 aromatic rings. The van der Waals surface area contributed by atoms with E-state index in [1.807, 2.05) is 24.3 Å². The molecule has 0 bridgehead atoms. The van der Waals surface area contributed by atoms with E-state index in [9.17, 15) is 4.39 Å². The van der Waals surface area contributed by atoms with Gasteiger partial charge in [0.15, 0.2) is 11.6 Å². The highest BCUT2D eigenvalue weighted by Gasteiger charge is 2.06. The van der Waals surface area contributed by atoms with Gasteiger partial charge in [-0.15, -0.1) is 0 Å². The zero-order chi connectivity index (χ0) is 14.4. The van der Waals surface area contributed by atoms with Crippen molar-refractivity contribution in [2.24, 2.45) is 5.73 Å². The highest BCUT2D eigenvalue weighted by Crippen LogP contribution is 2.23. The number of rotatable bonds is 6. The smallest absolute Gasteiger partial charge is 0.183 e. The third kappa shape index (κ3) is 3.85. The van der Waals surface area contributed by atoms with Crippen molar-refractivity contribution < 1.29 is 13.9 Å². The van der Waals surface area contributed by atoms with Gasteiger partial charge in [0.25, 0.3) is 0 Å². The lowest BCUT2D eigenvalue weighted by Crippen LogP contribution is -2.10. The first-order valence-corrected chi connectivity index (χ1v) is 6.57. The maximum atomic E-state index is 13.5. The second kappa shape index (κ2) is 7.12. The van der Waals surface area contributed by atoms with Gasteiger partial charge in [-0.1, -0.05) is 29.8 Å². The van der Waals surface area contributed by atoms with Crippen LogP contribution in [-0.4, -0.2) is 13.2 Å². The Morgan fingerprint density at radius 1 is 1.05 bits per heavy atom. The van der Waals surface area contributed by atoms with Crippen molar-refractivity contribution in [1.29, 1.82) is 0 Å². The zero-order valence-electron chi connectivity index (χ0n) is 10.8. The van der Waals surface area contributed by atoms with Crippen molar-refractivity contribution in [3.63, 3.8) is 0 Å². The topological polar surface area (TPSA) is 44.5 Å². The van der Waals surface area contributed by atoms with Crippen LogP contribution < -0.4 is 15.2 Å². The van der Waals surface area contributed by atoms with E-state index in [-0.39, 0.29) is 17.4 Å². The lowest BCUT2D eigenvalue weighted by atomic mass is 10.2. The Morgan fingerprint density at radius 2 is 1.80 bits per heavy atom. The Balaban J connectivity index is 1.83. The zero-order valence-corrected chi connectivity index (χ0v) is 11.6. The van der Waals surface area contributed by atoms with Crippen LogP contribution in [0.1, 0.15) is 5.56 Å². The predicted molar refractivity (Wildman–Crippen MR) is 76.7 cm³/mol.